The van der Waals surface area contributed by atoms with Crippen molar-refractivity contribution in [1.29, 1.82) is 0 Å². The van der Waals surface area contributed by atoms with Crippen molar-refractivity contribution in [3.63, 3.8) is 0 Å². The molecule has 4 aliphatic carbocycles. The molecule has 9 nitrogen and oxygen atoms in total. The lowest BCUT2D eigenvalue weighted by Crippen LogP contribution is -2.64. The van der Waals surface area contributed by atoms with E-state index in [9.17, 15) is 25.2 Å². The number of aliphatic hydroxyl groups excluding tert-OH is 3. The Hall–Kier alpha value is -1.07. The fraction of sp³-hybridized carbons (Fsp3) is 0.900. The van der Waals surface area contributed by atoms with Gasteiger partial charge in [-0.3, -0.25) is 4.84 Å². The molecular weight excluding hydrogens is 502 g/mol. The van der Waals surface area contributed by atoms with Crippen LogP contribution in [-0.2, 0) is 19.1 Å². The van der Waals surface area contributed by atoms with Gasteiger partial charge >= 0.3 is 5.97 Å². The summed E-state index contributed by atoms with van der Waals surface area (Å²) in [4.78, 5) is 17.9. The quantitative estimate of drug-likeness (QED) is 0.302. The minimum Gasteiger partial charge on any atom is -0.458 e. The first-order chi connectivity index (χ1) is 18.5. The van der Waals surface area contributed by atoms with Crippen molar-refractivity contribution in [1.82, 2.24) is 5.06 Å². The van der Waals surface area contributed by atoms with Crippen LogP contribution in [0.3, 0.4) is 0 Å². The molecular formula is C30H47NO8. The number of aliphatic hydroxyl groups is 4. The molecule has 9 heteroatoms. The lowest BCUT2D eigenvalue weighted by Gasteiger charge is -2.64. The van der Waals surface area contributed by atoms with Crippen molar-refractivity contribution in [3.8, 4) is 0 Å². The number of fused-ring (bicyclic) bond motifs is 5. The summed E-state index contributed by atoms with van der Waals surface area (Å²) in [5, 5.41) is 45.2. The highest BCUT2D eigenvalue weighted by Crippen LogP contribution is 2.70. The average Bonchev–Trinajstić information content (AvgIpc) is 3.45. The maximum Gasteiger partial charge on any atom is 0.331 e. The predicted octanol–water partition coefficient (Wildman–Crippen LogP) is 2.30. The van der Waals surface area contributed by atoms with Gasteiger partial charge in [-0.1, -0.05) is 13.8 Å². The first-order valence-corrected chi connectivity index (χ1v) is 15.2. The van der Waals surface area contributed by atoms with Crippen molar-refractivity contribution in [2.45, 2.75) is 115 Å². The van der Waals surface area contributed by atoms with Crippen LogP contribution in [0, 0.1) is 34.5 Å². The number of carbonyl (C=O) groups excluding carboxylic acids is 1. The van der Waals surface area contributed by atoms with E-state index >= 15 is 0 Å². The molecule has 0 spiro atoms. The van der Waals surface area contributed by atoms with E-state index in [4.69, 9.17) is 14.3 Å². The third-order valence-electron chi connectivity index (χ3n) is 12.3. The number of hydrogen-bond donors (Lipinski definition) is 4. The molecule has 1 saturated heterocycles. The van der Waals surface area contributed by atoms with Gasteiger partial charge in [-0.2, -0.15) is 5.06 Å². The number of rotatable bonds is 5. The Balaban J connectivity index is 1.20. The molecule has 220 valence electrons. The number of hydroxylamine groups is 2. The number of ether oxygens (including phenoxy) is 2. The van der Waals surface area contributed by atoms with Crippen LogP contribution in [0.4, 0.5) is 0 Å². The molecule has 0 unspecified atom stereocenters. The maximum atomic E-state index is 12.5. The highest BCUT2D eigenvalue weighted by atomic mass is 16.7. The highest BCUT2D eigenvalue weighted by Gasteiger charge is 2.68. The third-order valence-corrected chi connectivity index (χ3v) is 12.3. The third kappa shape index (κ3) is 4.17. The molecule has 2 heterocycles. The molecule has 39 heavy (non-hydrogen) atoms. The lowest BCUT2D eigenvalue weighted by molar-refractivity contribution is -0.334. The van der Waals surface area contributed by atoms with Gasteiger partial charge in [0.05, 0.1) is 18.8 Å². The van der Waals surface area contributed by atoms with Crippen molar-refractivity contribution in [2.75, 3.05) is 19.8 Å². The summed E-state index contributed by atoms with van der Waals surface area (Å²) < 4.78 is 11.1. The minimum atomic E-state index is -1.27. The van der Waals surface area contributed by atoms with Crippen molar-refractivity contribution in [3.05, 3.63) is 11.6 Å². The molecule has 0 aromatic heterocycles. The Morgan fingerprint density at radius 2 is 1.82 bits per heavy atom. The Labute approximate surface area is 231 Å². The number of nitrogens with zero attached hydrogens (tertiary/aromatic N) is 1. The van der Waals surface area contributed by atoms with Gasteiger partial charge in [0.2, 0.25) is 0 Å². The molecule has 0 aromatic rings. The van der Waals surface area contributed by atoms with Gasteiger partial charge in [0.15, 0.2) is 6.23 Å². The number of hydrogen-bond acceptors (Lipinski definition) is 9. The van der Waals surface area contributed by atoms with E-state index in [1.54, 1.807) is 11.1 Å². The first kappa shape index (κ1) is 28.1. The molecule has 0 aromatic carbocycles. The van der Waals surface area contributed by atoms with Gasteiger partial charge in [0.25, 0.3) is 0 Å². The topological polar surface area (TPSA) is 129 Å². The summed E-state index contributed by atoms with van der Waals surface area (Å²) in [6.07, 6.45) is 5.79. The van der Waals surface area contributed by atoms with Gasteiger partial charge in [-0.25, -0.2) is 4.79 Å². The fourth-order valence-corrected chi connectivity index (χ4v) is 10.2. The molecule has 0 amide bonds. The van der Waals surface area contributed by atoms with E-state index in [0.29, 0.717) is 25.0 Å². The molecule has 4 saturated carbocycles. The van der Waals surface area contributed by atoms with Gasteiger partial charge in [0.1, 0.15) is 24.9 Å². The zero-order valence-electron chi connectivity index (χ0n) is 23.6. The molecule has 5 fully saturated rings. The molecule has 6 aliphatic rings. The van der Waals surface area contributed by atoms with E-state index in [1.165, 1.54) is 0 Å². The van der Waals surface area contributed by atoms with E-state index in [-0.39, 0.29) is 41.3 Å². The summed E-state index contributed by atoms with van der Waals surface area (Å²) in [5.74, 6) is 1.11. The van der Waals surface area contributed by atoms with Crippen molar-refractivity contribution >= 4 is 5.97 Å². The molecule has 2 aliphatic heterocycles. The average molecular weight is 550 g/mol. The molecule has 0 bridgehead atoms. The highest BCUT2D eigenvalue weighted by molar-refractivity contribution is 5.85. The Kier molecular flexibility index (Phi) is 7.22. The second-order valence-electron chi connectivity index (χ2n) is 13.8. The van der Waals surface area contributed by atoms with Crippen LogP contribution in [-0.4, -0.2) is 87.5 Å². The predicted molar refractivity (Wildman–Crippen MR) is 141 cm³/mol. The van der Waals surface area contributed by atoms with Crippen molar-refractivity contribution < 1.29 is 39.5 Å². The minimum absolute atomic E-state index is 0.0420. The second-order valence-corrected chi connectivity index (χ2v) is 13.8. The van der Waals surface area contributed by atoms with Crippen LogP contribution in [0.1, 0.15) is 78.6 Å². The normalized spacial score (nSPS) is 51.6. The Bertz CT molecular complexity index is 990. The van der Waals surface area contributed by atoms with Crippen LogP contribution in [0.25, 0.3) is 0 Å². The Morgan fingerprint density at radius 3 is 2.54 bits per heavy atom. The van der Waals surface area contributed by atoms with Crippen LogP contribution >= 0.6 is 0 Å². The standard InChI is InChI=1S/C30H47NO8/c1-4-39-31(27-26(35)25(34)23(32)16-38-27)19-7-10-28(2)18(14-19)5-6-22-21(28)8-11-29(3)20(9-12-30(22,29)36)17-13-24(33)37-15-17/h13,18-23,25-27,32,34-36H,4-12,14-16H2,1-3H3/t18-,19+,20-,21+,22-,23+,25-,26+,27+,28+,29-,30+/m1/s1. The van der Waals surface area contributed by atoms with Crippen LogP contribution in [0.15, 0.2) is 11.6 Å². The largest absolute Gasteiger partial charge is 0.458 e. The second kappa shape index (κ2) is 10.0. The molecule has 0 radical (unpaired) electrons. The monoisotopic (exact) mass is 549 g/mol. The summed E-state index contributed by atoms with van der Waals surface area (Å²) in [6, 6.07) is 0.0429. The zero-order chi connectivity index (χ0) is 27.7. The maximum absolute atomic E-state index is 12.5. The summed E-state index contributed by atoms with van der Waals surface area (Å²) >= 11 is 0. The van der Waals surface area contributed by atoms with Crippen molar-refractivity contribution in [2.24, 2.45) is 34.5 Å². The molecule has 4 N–H and O–H groups in total. The van der Waals surface area contributed by atoms with E-state index in [2.05, 4.69) is 13.8 Å². The fourth-order valence-electron chi connectivity index (χ4n) is 10.2. The number of cyclic esters (lactones) is 1. The Morgan fingerprint density at radius 1 is 1.03 bits per heavy atom. The summed E-state index contributed by atoms with van der Waals surface area (Å²) in [5.41, 5.74) is 0.213. The van der Waals surface area contributed by atoms with Crippen LogP contribution in [0.5, 0.6) is 0 Å². The summed E-state index contributed by atoms with van der Waals surface area (Å²) in [7, 11) is 0. The first-order valence-electron chi connectivity index (χ1n) is 15.2. The van der Waals surface area contributed by atoms with E-state index in [0.717, 1.165) is 63.4 Å². The number of esters is 1. The zero-order valence-corrected chi connectivity index (χ0v) is 23.6. The molecule has 12 atom stereocenters. The lowest BCUT2D eigenvalue weighted by atomic mass is 9.43. The smallest absolute Gasteiger partial charge is 0.331 e. The SMILES string of the molecule is CCON([C@H]1CC[C@@]2(C)[C@H](CC[C@@H]3[C@@H]2CC[C@]2(C)[C@@H](C4=CC(=O)OC4)CC[C@]32O)C1)[C@H]1OC[C@H](O)[C@@H](O)[C@@H]1O. The van der Waals surface area contributed by atoms with E-state index in [1.807, 2.05) is 6.92 Å². The van der Waals surface area contributed by atoms with Crippen LogP contribution in [0.2, 0.25) is 0 Å². The van der Waals surface area contributed by atoms with E-state index < -0.39 is 30.1 Å². The van der Waals surface area contributed by atoms with Crippen LogP contribution < -0.4 is 0 Å². The molecule has 6 rings (SSSR count). The van der Waals surface area contributed by atoms with Gasteiger partial charge < -0.3 is 29.9 Å². The van der Waals surface area contributed by atoms with Gasteiger partial charge in [0, 0.05) is 17.5 Å². The van der Waals surface area contributed by atoms with Gasteiger partial charge in [-0.05, 0) is 99.4 Å². The summed E-state index contributed by atoms with van der Waals surface area (Å²) in [6.45, 7) is 7.36. The van der Waals surface area contributed by atoms with Gasteiger partial charge in [-0.15, -0.1) is 0 Å². The number of carbonyl (C=O) groups is 1.